The minimum absolute atomic E-state index is 0.278. The van der Waals surface area contributed by atoms with Crippen LogP contribution in [0.1, 0.15) is 16.7 Å². The second-order valence-electron chi connectivity index (χ2n) is 5.04. The monoisotopic (exact) mass is 371 g/mol. The van der Waals surface area contributed by atoms with Crippen LogP contribution in [0.2, 0.25) is 0 Å². The van der Waals surface area contributed by atoms with Crippen molar-refractivity contribution in [3.63, 3.8) is 0 Å². The summed E-state index contributed by atoms with van der Waals surface area (Å²) in [6.45, 7) is 1.95. The zero-order valence-corrected chi connectivity index (χ0v) is 14.3. The molecule has 0 aliphatic carbocycles. The SMILES string of the molecule is COc1ccc(/C=C2\N=C(c3ccccc3C)OC2=O)cc1Br. The van der Waals surface area contributed by atoms with Crippen molar-refractivity contribution < 1.29 is 14.3 Å². The van der Waals surface area contributed by atoms with Gasteiger partial charge in [-0.15, -0.1) is 0 Å². The van der Waals surface area contributed by atoms with Crippen LogP contribution >= 0.6 is 15.9 Å². The average molecular weight is 372 g/mol. The lowest BCUT2D eigenvalue weighted by Gasteiger charge is -2.03. The number of nitrogens with zero attached hydrogens (tertiary/aromatic N) is 1. The Balaban J connectivity index is 1.95. The van der Waals surface area contributed by atoms with Gasteiger partial charge in [0, 0.05) is 5.56 Å². The predicted molar refractivity (Wildman–Crippen MR) is 92.5 cm³/mol. The van der Waals surface area contributed by atoms with Crippen molar-refractivity contribution in [3.8, 4) is 5.75 Å². The lowest BCUT2D eigenvalue weighted by molar-refractivity contribution is -0.129. The highest BCUT2D eigenvalue weighted by atomic mass is 79.9. The van der Waals surface area contributed by atoms with Gasteiger partial charge in [-0.05, 0) is 58.3 Å². The van der Waals surface area contributed by atoms with Crippen molar-refractivity contribution >= 4 is 33.9 Å². The molecule has 0 amide bonds. The van der Waals surface area contributed by atoms with Crippen LogP contribution in [0.3, 0.4) is 0 Å². The van der Waals surface area contributed by atoms with Gasteiger partial charge in [0.05, 0.1) is 11.6 Å². The number of aliphatic imine (C=N–C) groups is 1. The molecule has 0 N–H and O–H groups in total. The Bertz CT molecular complexity index is 840. The minimum atomic E-state index is -0.449. The van der Waals surface area contributed by atoms with E-state index in [0.29, 0.717) is 5.90 Å². The molecule has 0 spiro atoms. The van der Waals surface area contributed by atoms with Crippen LogP contribution in [0, 0.1) is 6.92 Å². The number of rotatable bonds is 3. The van der Waals surface area contributed by atoms with Crippen LogP contribution in [-0.2, 0) is 9.53 Å². The Morgan fingerprint density at radius 2 is 2.00 bits per heavy atom. The third kappa shape index (κ3) is 3.19. The molecule has 1 heterocycles. The van der Waals surface area contributed by atoms with Crippen molar-refractivity contribution in [1.82, 2.24) is 0 Å². The second kappa shape index (κ2) is 6.38. The van der Waals surface area contributed by atoms with Gasteiger partial charge >= 0.3 is 5.97 Å². The van der Waals surface area contributed by atoms with E-state index in [1.54, 1.807) is 13.2 Å². The van der Waals surface area contributed by atoms with Crippen molar-refractivity contribution in [2.75, 3.05) is 7.11 Å². The number of carbonyl (C=O) groups excluding carboxylic acids is 1. The molecule has 0 atom stereocenters. The number of halogens is 1. The lowest BCUT2D eigenvalue weighted by atomic mass is 10.1. The number of cyclic esters (lactones) is 1. The third-order valence-electron chi connectivity index (χ3n) is 3.48. The van der Waals surface area contributed by atoms with Gasteiger partial charge in [0.2, 0.25) is 5.90 Å². The summed E-state index contributed by atoms with van der Waals surface area (Å²) >= 11 is 3.42. The first-order valence-electron chi connectivity index (χ1n) is 7.00. The van der Waals surface area contributed by atoms with Crippen LogP contribution in [-0.4, -0.2) is 19.0 Å². The molecule has 1 aliphatic rings. The van der Waals surface area contributed by atoms with E-state index in [-0.39, 0.29) is 5.70 Å². The van der Waals surface area contributed by atoms with Crippen molar-refractivity contribution in [2.24, 2.45) is 4.99 Å². The fraction of sp³-hybridized carbons (Fsp3) is 0.111. The van der Waals surface area contributed by atoms with Crippen LogP contribution in [0.15, 0.2) is 57.6 Å². The van der Waals surface area contributed by atoms with E-state index in [2.05, 4.69) is 20.9 Å². The van der Waals surface area contributed by atoms with Crippen LogP contribution in [0.25, 0.3) is 6.08 Å². The van der Waals surface area contributed by atoms with Crippen LogP contribution < -0.4 is 4.74 Å². The molecule has 0 radical (unpaired) electrons. The van der Waals surface area contributed by atoms with Gasteiger partial charge in [0.25, 0.3) is 0 Å². The van der Waals surface area contributed by atoms with E-state index >= 15 is 0 Å². The van der Waals surface area contributed by atoms with Gasteiger partial charge in [-0.3, -0.25) is 0 Å². The van der Waals surface area contributed by atoms with Gasteiger partial charge < -0.3 is 9.47 Å². The number of methoxy groups -OCH3 is 1. The van der Waals surface area contributed by atoms with Gasteiger partial charge in [-0.1, -0.05) is 24.3 Å². The first-order chi connectivity index (χ1) is 11.1. The van der Waals surface area contributed by atoms with Crippen LogP contribution in [0.4, 0.5) is 0 Å². The molecule has 0 saturated carbocycles. The highest BCUT2D eigenvalue weighted by Gasteiger charge is 2.24. The normalized spacial score (nSPS) is 15.5. The smallest absolute Gasteiger partial charge is 0.363 e. The molecular formula is C18H14BrNO3. The van der Waals surface area contributed by atoms with E-state index in [1.807, 2.05) is 49.4 Å². The Kier molecular flexibility index (Phi) is 4.30. The van der Waals surface area contributed by atoms with E-state index < -0.39 is 5.97 Å². The number of hydrogen-bond acceptors (Lipinski definition) is 4. The number of carbonyl (C=O) groups is 1. The van der Waals surface area contributed by atoms with Crippen LogP contribution in [0.5, 0.6) is 5.75 Å². The summed E-state index contributed by atoms with van der Waals surface area (Å²) in [7, 11) is 1.60. The van der Waals surface area contributed by atoms with Crippen molar-refractivity contribution in [1.29, 1.82) is 0 Å². The molecule has 2 aromatic rings. The molecule has 3 rings (SSSR count). The number of hydrogen-bond donors (Lipinski definition) is 0. The molecule has 0 aromatic heterocycles. The summed E-state index contributed by atoms with van der Waals surface area (Å²) in [6.07, 6.45) is 1.69. The van der Waals surface area contributed by atoms with Gasteiger partial charge in [-0.25, -0.2) is 9.79 Å². The van der Waals surface area contributed by atoms with Gasteiger partial charge in [0.1, 0.15) is 5.75 Å². The topological polar surface area (TPSA) is 47.9 Å². The molecule has 0 unspecified atom stereocenters. The Morgan fingerprint density at radius 1 is 1.22 bits per heavy atom. The second-order valence-corrected chi connectivity index (χ2v) is 5.90. The molecule has 0 saturated heterocycles. The predicted octanol–water partition coefficient (Wildman–Crippen LogP) is 4.11. The Morgan fingerprint density at radius 3 is 2.70 bits per heavy atom. The minimum Gasteiger partial charge on any atom is -0.496 e. The standard InChI is InChI=1S/C18H14BrNO3/c1-11-5-3-4-6-13(11)17-20-15(18(21)23-17)10-12-7-8-16(22-2)14(19)9-12/h3-10H,1-2H3/b15-10-. The maximum absolute atomic E-state index is 12.0. The largest absolute Gasteiger partial charge is 0.496 e. The lowest BCUT2D eigenvalue weighted by Crippen LogP contribution is -2.06. The zero-order valence-electron chi connectivity index (χ0n) is 12.7. The summed E-state index contributed by atoms with van der Waals surface area (Å²) < 4.78 is 11.3. The van der Waals surface area contributed by atoms with Gasteiger partial charge in [-0.2, -0.15) is 0 Å². The first-order valence-corrected chi connectivity index (χ1v) is 7.80. The summed E-state index contributed by atoms with van der Waals surface area (Å²) in [5, 5.41) is 0. The summed E-state index contributed by atoms with van der Waals surface area (Å²) in [5.74, 6) is 0.618. The number of esters is 1. The van der Waals surface area contributed by atoms with Crippen molar-refractivity contribution in [2.45, 2.75) is 6.92 Å². The molecule has 1 aliphatic heterocycles. The van der Waals surface area contributed by atoms with E-state index in [4.69, 9.17) is 9.47 Å². The zero-order chi connectivity index (χ0) is 16.4. The Hall–Kier alpha value is -2.40. The maximum atomic E-state index is 12.0. The average Bonchev–Trinajstić information content (AvgIpc) is 2.89. The summed E-state index contributed by atoms with van der Waals surface area (Å²) in [4.78, 5) is 16.4. The Labute approximate surface area is 142 Å². The quantitative estimate of drug-likeness (QED) is 0.602. The molecule has 4 nitrogen and oxygen atoms in total. The molecule has 5 heteroatoms. The molecule has 0 fully saturated rings. The first kappa shape index (κ1) is 15.5. The van der Waals surface area contributed by atoms with Gasteiger partial charge in [0.15, 0.2) is 5.70 Å². The number of ether oxygens (including phenoxy) is 2. The molecule has 2 aromatic carbocycles. The highest BCUT2D eigenvalue weighted by Crippen LogP contribution is 2.27. The van der Waals surface area contributed by atoms with Crippen molar-refractivity contribution in [3.05, 3.63) is 69.3 Å². The fourth-order valence-corrected chi connectivity index (χ4v) is 2.83. The van der Waals surface area contributed by atoms with E-state index in [0.717, 1.165) is 26.9 Å². The van der Waals surface area contributed by atoms with E-state index in [9.17, 15) is 4.79 Å². The molecule has 23 heavy (non-hydrogen) atoms. The maximum Gasteiger partial charge on any atom is 0.363 e. The number of benzene rings is 2. The van der Waals surface area contributed by atoms with E-state index in [1.165, 1.54) is 0 Å². The number of aryl methyl sites for hydroxylation is 1. The third-order valence-corrected chi connectivity index (χ3v) is 4.09. The highest BCUT2D eigenvalue weighted by molar-refractivity contribution is 9.10. The molecule has 0 bridgehead atoms. The molecule has 116 valence electrons. The summed E-state index contributed by atoms with van der Waals surface area (Å²) in [5.41, 5.74) is 2.94. The fourth-order valence-electron chi connectivity index (χ4n) is 2.27. The molecular weight excluding hydrogens is 358 g/mol. The summed E-state index contributed by atoms with van der Waals surface area (Å²) in [6, 6.07) is 13.2.